The van der Waals surface area contributed by atoms with Crippen molar-refractivity contribution in [1.82, 2.24) is 4.98 Å². The van der Waals surface area contributed by atoms with Crippen LogP contribution in [0.25, 0.3) is 0 Å². The average Bonchev–Trinajstić information content (AvgIpc) is 2.70. The van der Waals surface area contributed by atoms with E-state index in [4.69, 9.17) is 0 Å². The molecular weight excluding hydrogens is 214 g/mol. The van der Waals surface area contributed by atoms with Crippen molar-refractivity contribution in [3.8, 4) is 0 Å². The number of aryl methyl sites for hydroxylation is 2. The number of hydrogen-bond donors (Lipinski definition) is 0. The van der Waals surface area contributed by atoms with E-state index in [0.717, 1.165) is 12.8 Å². The molecule has 16 heavy (non-hydrogen) atoms. The minimum Gasteiger partial charge on any atom is -0.246 e. The number of aromatic nitrogens is 1. The minimum atomic E-state index is 0.973. The summed E-state index contributed by atoms with van der Waals surface area (Å²) in [6, 6.07) is 8.54. The summed E-state index contributed by atoms with van der Waals surface area (Å²) in [7, 11) is 0. The van der Waals surface area contributed by atoms with Crippen LogP contribution in [0, 0.1) is 6.92 Å². The Hall–Kier alpha value is -1.15. The van der Waals surface area contributed by atoms with Gasteiger partial charge >= 0.3 is 0 Å². The molecule has 1 nitrogen and oxygen atoms in total. The molecule has 0 spiro atoms. The van der Waals surface area contributed by atoms with E-state index in [-0.39, 0.29) is 0 Å². The molecule has 0 N–H and O–H groups in total. The summed E-state index contributed by atoms with van der Waals surface area (Å²) in [6.07, 6.45) is 3.25. The van der Waals surface area contributed by atoms with E-state index < -0.39 is 0 Å². The van der Waals surface area contributed by atoms with E-state index in [9.17, 15) is 0 Å². The van der Waals surface area contributed by atoms with E-state index in [1.807, 2.05) is 0 Å². The summed E-state index contributed by atoms with van der Waals surface area (Å²) in [5, 5.41) is 3.43. The Labute approximate surface area is 101 Å². The summed E-state index contributed by atoms with van der Waals surface area (Å²) in [5.41, 5.74) is 3.99. The highest BCUT2D eigenvalue weighted by atomic mass is 32.1. The van der Waals surface area contributed by atoms with Crippen molar-refractivity contribution in [2.45, 2.75) is 33.1 Å². The lowest BCUT2D eigenvalue weighted by molar-refractivity contribution is 0.883. The van der Waals surface area contributed by atoms with Crippen LogP contribution >= 0.6 is 11.3 Å². The third kappa shape index (κ3) is 2.70. The average molecular weight is 231 g/mol. The number of nitrogens with zero attached hydrogens (tertiary/aromatic N) is 1. The molecule has 1 aromatic carbocycles. The van der Waals surface area contributed by atoms with Crippen LogP contribution in [0.4, 0.5) is 0 Å². The van der Waals surface area contributed by atoms with Crippen LogP contribution < -0.4 is 0 Å². The Morgan fingerprint density at radius 1 is 1.25 bits per heavy atom. The van der Waals surface area contributed by atoms with Crippen molar-refractivity contribution in [2.75, 3.05) is 0 Å². The van der Waals surface area contributed by atoms with Gasteiger partial charge in [-0.2, -0.15) is 0 Å². The second kappa shape index (κ2) is 5.26. The molecule has 0 bridgehead atoms. The molecule has 0 atom stereocenters. The summed E-state index contributed by atoms with van der Waals surface area (Å²) in [4.78, 5) is 4.65. The van der Waals surface area contributed by atoms with Gasteiger partial charge in [-0.3, -0.25) is 0 Å². The van der Waals surface area contributed by atoms with Crippen molar-refractivity contribution in [3.63, 3.8) is 0 Å². The lowest BCUT2D eigenvalue weighted by atomic mass is 10.1. The van der Waals surface area contributed by atoms with Gasteiger partial charge in [0.2, 0.25) is 0 Å². The molecule has 0 saturated carbocycles. The molecule has 0 unspecified atom stereocenters. The fraction of sp³-hybridized carbons (Fsp3) is 0.357. The second-order valence-corrected chi connectivity index (χ2v) is 5.03. The van der Waals surface area contributed by atoms with Crippen LogP contribution in [0.5, 0.6) is 0 Å². The summed E-state index contributed by atoms with van der Waals surface area (Å²) in [6.45, 7) is 4.36. The SMILES string of the molecule is CCCc1csc(Cc2ccccc2C)n1. The number of thiazole rings is 1. The van der Waals surface area contributed by atoms with Crippen LogP contribution in [0.2, 0.25) is 0 Å². The molecule has 0 aliphatic heterocycles. The van der Waals surface area contributed by atoms with Crippen LogP contribution in [0.1, 0.15) is 35.2 Å². The van der Waals surface area contributed by atoms with Gasteiger partial charge in [0, 0.05) is 11.8 Å². The van der Waals surface area contributed by atoms with Crippen LogP contribution in [0.3, 0.4) is 0 Å². The van der Waals surface area contributed by atoms with Gasteiger partial charge in [-0.15, -0.1) is 11.3 Å². The lowest BCUT2D eigenvalue weighted by Crippen LogP contribution is -1.91. The number of hydrogen-bond acceptors (Lipinski definition) is 2. The fourth-order valence-corrected chi connectivity index (χ4v) is 2.62. The predicted octanol–water partition coefficient (Wildman–Crippen LogP) is 3.99. The van der Waals surface area contributed by atoms with Crippen molar-refractivity contribution in [3.05, 3.63) is 51.5 Å². The van der Waals surface area contributed by atoms with Gasteiger partial charge in [0.25, 0.3) is 0 Å². The zero-order chi connectivity index (χ0) is 11.4. The molecule has 1 aromatic heterocycles. The summed E-state index contributed by atoms with van der Waals surface area (Å²) in [5.74, 6) is 0. The molecule has 0 aliphatic carbocycles. The van der Waals surface area contributed by atoms with Gasteiger partial charge in [0.05, 0.1) is 10.7 Å². The molecule has 1 heterocycles. The molecular formula is C14H17NS. The van der Waals surface area contributed by atoms with Gasteiger partial charge < -0.3 is 0 Å². The summed E-state index contributed by atoms with van der Waals surface area (Å²) < 4.78 is 0. The van der Waals surface area contributed by atoms with Crippen LogP contribution in [-0.2, 0) is 12.8 Å². The monoisotopic (exact) mass is 231 g/mol. The van der Waals surface area contributed by atoms with Gasteiger partial charge in [0.1, 0.15) is 0 Å². The molecule has 84 valence electrons. The normalized spacial score (nSPS) is 10.6. The molecule has 0 saturated heterocycles. The molecule has 0 amide bonds. The smallest absolute Gasteiger partial charge is 0.0972 e. The van der Waals surface area contributed by atoms with E-state index in [1.54, 1.807) is 11.3 Å². The molecule has 0 aliphatic rings. The third-order valence-corrected chi connectivity index (χ3v) is 3.61. The van der Waals surface area contributed by atoms with Crippen molar-refractivity contribution in [2.24, 2.45) is 0 Å². The molecule has 2 aromatic rings. The molecule has 2 rings (SSSR count). The van der Waals surface area contributed by atoms with Gasteiger partial charge in [0.15, 0.2) is 0 Å². The van der Waals surface area contributed by atoms with Gasteiger partial charge in [-0.05, 0) is 24.5 Å². The van der Waals surface area contributed by atoms with Crippen LogP contribution in [0.15, 0.2) is 29.6 Å². The van der Waals surface area contributed by atoms with Crippen molar-refractivity contribution >= 4 is 11.3 Å². The Kier molecular flexibility index (Phi) is 3.73. The van der Waals surface area contributed by atoms with Gasteiger partial charge in [-0.25, -0.2) is 4.98 Å². The first-order valence-corrected chi connectivity index (χ1v) is 6.65. The summed E-state index contributed by atoms with van der Waals surface area (Å²) >= 11 is 1.78. The largest absolute Gasteiger partial charge is 0.246 e. The highest BCUT2D eigenvalue weighted by molar-refractivity contribution is 7.09. The number of benzene rings is 1. The first-order valence-electron chi connectivity index (χ1n) is 5.77. The van der Waals surface area contributed by atoms with Crippen LogP contribution in [-0.4, -0.2) is 4.98 Å². The Morgan fingerprint density at radius 2 is 2.06 bits per heavy atom. The van der Waals surface area contributed by atoms with Crippen molar-refractivity contribution < 1.29 is 0 Å². The predicted molar refractivity (Wildman–Crippen MR) is 70.1 cm³/mol. The maximum Gasteiger partial charge on any atom is 0.0972 e. The lowest BCUT2D eigenvalue weighted by Gasteiger charge is -2.02. The highest BCUT2D eigenvalue weighted by Gasteiger charge is 2.04. The standard InChI is InChI=1S/C14H17NS/c1-3-6-13-10-16-14(15-13)9-12-8-5-4-7-11(12)2/h4-5,7-8,10H,3,6,9H2,1-2H3. The Morgan fingerprint density at radius 3 is 2.81 bits per heavy atom. The van der Waals surface area contributed by atoms with E-state index in [0.29, 0.717) is 0 Å². The zero-order valence-electron chi connectivity index (χ0n) is 9.86. The minimum absolute atomic E-state index is 0.973. The molecule has 2 heteroatoms. The van der Waals surface area contributed by atoms with Crippen molar-refractivity contribution in [1.29, 1.82) is 0 Å². The first-order chi connectivity index (χ1) is 7.79. The van der Waals surface area contributed by atoms with E-state index in [2.05, 4.69) is 48.5 Å². The Balaban J connectivity index is 2.11. The number of rotatable bonds is 4. The topological polar surface area (TPSA) is 12.9 Å². The van der Waals surface area contributed by atoms with Gasteiger partial charge in [-0.1, -0.05) is 37.6 Å². The Bertz CT molecular complexity index is 459. The molecule has 0 fully saturated rings. The fourth-order valence-electron chi connectivity index (χ4n) is 1.77. The second-order valence-electron chi connectivity index (χ2n) is 4.09. The van der Waals surface area contributed by atoms with E-state index >= 15 is 0 Å². The first kappa shape index (κ1) is 11.3. The quantitative estimate of drug-likeness (QED) is 0.775. The maximum absolute atomic E-state index is 4.65. The molecule has 0 radical (unpaired) electrons. The zero-order valence-corrected chi connectivity index (χ0v) is 10.7. The third-order valence-electron chi connectivity index (χ3n) is 2.71. The highest BCUT2D eigenvalue weighted by Crippen LogP contribution is 2.17. The maximum atomic E-state index is 4.65. The van der Waals surface area contributed by atoms with E-state index in [1.165, 1.54) is 28.2 Å².